The first kappa shape index (κ1) is 21.5. The van der Waals surface area contributed by atoms with Gasteiger partial charge in [-0.1, -0.05) is 12.1 Å². The summed E-state index contributed by atoms with van der Waals surface area (Å²) in [7, 11) is 1.80. The number of nitrogens with zero attached hydrogens (tertiary/aromatic N) is 6. The number of benzene rings is 1. The van der Waals surface area contributed by atoms with Crippen molar-refractivity contribution in [2.24, 2.45) is 4.99 Å². The topological polar surface area (TPSA) is 73.6 Å². The van der Waals surface area contributed by atoms with Gasteiger partial charge in [-0.3, -0.25) is 9.89 Å². The number of aromatic nitrogens is 3. The zero-order chi connectivity index (χ0) is 21.6. The van der Waals surface area contributed by atoms with Gasteiger partial charge in [0.15, 0.2) is 5.96 Å². The Morgan fingerprint density at radius 2 is 2.00 bits per heavy atom. The molecule has 1 saturated heterocycles. The molecule has 2 aromatic rings. The quantitative estimate of drug-likeness (QED) is 0.416. The lowest BCUT2D eigenvalue weighted by Gasteiger charge is -2.36. The summed E-state index contributed by atoms with van der Waals surface area (Å²) in [6.07, 6.45) is 3.15. The van der Waals surface area contributed by atoms with Crippen LogP contribution in [0.4, 0.5) is 10.1 Å². The molecule has 0 amide bonds. The number of para-hydroxylation sites is 1. The molecule has 4 rings (SSSR count). The molecule has 0 saturated carbocycles. The maximum Gasteiger partial charge on any atom is 0.191 e. The molecule has 1 fully saturated rings. The Bertz CT molecular complexity index is 887. The molecule has 0 radical (unpaired) electrons. The highest BCUT2D eigenvalue weighted by atomic mass is 19.1. The fourth-order valence-corrected chi connectivity index (χ4v) is 4.39. The molecule has 2 aliphatic heterocycles. The van der Waals surface area contributed by atoms with Crippen LogP contribution in [-0.2, 0) is 6.54 Å². The molecule has 1 aromatic carbocycles. The first-order valence-corrected chi connectivity index (χ1v) is 11.2. The third-order valence-electron chi connectivity index (χ3n) is 6.02. The summed E-state index contributed by atoms with van der Waals surface area (Å²) < 4.78 is 16.0. The van der Waals surface area contributed by atoms with E-state index in [1.807, 2.05) is 23.7 Å². The van der Waals surface area contributed by atoms with E-state index in [4.69, 9.17) is 0 Å². The highest BCUT2D eigenvalue weighted by Crippen LogP contribution is 2.23. The third kappa shape index (κ3) is 5.33. The molecule has 0 spiro atoms. The average molecular weight is 429 g/mol. The summed E-state index contributed by atoms with van der Waals surface area (Å²) in [5.41, 5.74) is 0.715. The van der Waals surface area contributed by atoms with Crippen molar-refractivity contribution >= 4 is 11.6 Å². The van der Waals surface area contributed by atoms with Gasteiger partial charge in [-0.05, 0) is 44.9 Å². The number of hydrogen-bond donors (Lipinski definition) is 2. The molecule has 1 unspecified atom stereocenters. The Labute approximate surface area is 183 Å². The van der Waals surface area contributed by atoms with Gasteiger partial charge < -0.3 is 15.5 Å². The lowest BCUT2D eigenvalue weighted by Crippen LogP contribution is -2.47. The van der Waals surface area contributed by atoms with E-state index in [-0.39, 0.29) is 11.9 Å². The van der Waals surface area contributed by atoms with E-state index in [0.29, 0.717) is 5.69 Å². The molecule has 1 atom stereocenters. The van der Waals surface area contributed by atoms with Crippen LogP contribution in [0.1, 0.15) is 37.0 Å². The molecule has 0 bridgehead atoms. The van der Waals surface area contributed by atoms with Gasteiger partial charge in [-0.15, -0.1) is 0 Å². The fraction of sp³-hybridized carbons (Fsp3) is 0.591. The van der Waals surface area contributed by atoms with Crippen LogP contribution in [0.15, 0.2) is 29.3 Å². The molecule has 2 N–H and O–H groups in total. The Hall–Kier alpha value is -2.68. The number of fused-ring (bicyclic) bond motifs is 1. The molecule has 2 aliphatic rings. The lowest BCUT2D eigenvalue weighted by molar-refractivity contribution is 0.254. The minimum atomic E-state index is -0.134. The van der Waals surface area contributed by atoms with Gasteiger partial charge in [0.25, 0.3) is 0 Å². The van der Waals surface area contributed by atoms with E-state index >= 15 is 0 Å². The van der Waals surface area contributed by atoms with Gasteiger partial charge in [0.1, 0.15) is 17.5 Å². The number of aliphatic imine (C=N–C) groups is 1. The van der Waals surface area contributed by atoms with Crippen molar-refractivity contribution in [3.05, 3.63) is 41.7 Å². The van der Waals surface area contributed by atoms with Crippen LogP contribution in [0.3, 0.4) is 0 Å². The van der Waals surface area contributed by atoms with E-state index in [1.54, 1.807) is 13.1 Å². The second kappa shape index (κ2) is 10.1. The summed E-state index contributed by atoms with van der Waals surface area (Å²) in [6.45, 7) is 8.38. The first-order valence-electron chi connectivity index (χ1n) is 11.2. The number of aryl methyl sites for hydroxylation is 2. The number of rotatable bonds is 6. The van der Waals surface area contributed by atoms with Gasteiger partial charge in [-0.25, -0.2) is 14.1 Å². The second-order valence-corrected chi connectivity index (χ2v) is 8.21. The van der Waals surface area contributed by atoms with Crippen LogP contribution in [0.25, 0.3) is 0 Å². The van der Waals surface area contributed by atoms with Crippen LogP contribution in [0, 0.1) is 12.7 Å². The van der Waals surface area contributed by atoms with Gasteiger partial charge in [0, 0.05) is 46.3 Å². The number of halogens is 1. The van der Waals surface area contributed by atoms with Crippen molar-refractivity contribution in [1.82, 2.24) is 30.3 Å². The normalized spacial score (nSPS) is 19.9. The zero-order valence-corrected chi connectivity index (χ0v) is 18.5. The summed E-state index contributed by atoms with van der Waals surface area (Å²) in [5, 5.41) is 11.4. The predicted molar refractivity (Wildman–Crippen MR) is 121 cm³/mol. The third-order valence-corrected chi connectivity index (χ3v) is 6.02. The highest BCUT2D eigenvalue weighted by Gasteiger charge is 2.24. The molecule has 0 aliphatic carbocycles. The van der Waals surface area contributed by atoms with Crippen molar-refractivity contribution in [2.45, 2.75) is 38.8 Å². The zero-order valence-electron chi connectivity index (χ0n) is 18.5. The minimum absolute atomic E-state index is 0.134. The molecule has 3 heterocycles. The minimum Gasteiger partial charge on any atom is -0.367 e. The summed E-state index contributed by atoms with van der Waals surface area (Å²) >= 11 is 0. The summed E-state index contributed by atoms with van der Waals surface area (Å²) in [5.74, 6) is 2.50. The lowest BCUT2D eigenvalue weighted by atomic mass is 10.1. The molecular weight excluding hydrogens is 395 g/mol. The number of anilines is 1. The maximum atomic E-state index is 14.0. The van der Waals surface area contributed by atoms with Gasteiger partial charge in [-0.2, -0.15) is 5.10 Å². The maximum absolute atomic E-state index is 14.0. The Morgan fingerprint density at radius 1 is 1.19 bits per heavy atom. The van der Waals surface area contributed by atoms with E-state index in [9.17, 15) is 4.39 Å². The summed E-state index contributed by atoms with van der Waals surface area (Å²) in [4.78, 5) is 13.5. The van der Waals surface area contributed by atoms with Gasteiger partial charge >= 0.3 is 0 Å². The molecule has 168 valence electrons. The Kier molecular flexibility index (Phi) is 7.01. The van der Waals surface area contributed by atoms with Gasteiger partial charge in [0.05, 0.1) is 11.7 Å². The van der Waals surface area contributed by atoms with Crippen molar-refractivity contribution in [1.29, 1.82) is 0 Å². The van der Waals surface area contributed by atoms with Crippen LogP contribution in [-0.4, -0.2) is 71.9 Å². The molecule has 8 nitrogen and oxygen atoms in total. The van der Waals surface area contributed by atoms with Crippen LogP contribution in [0.5, 0.6) is 0 Å². The number of nitrogens with one attached hydrogen (secondary N) is 2. The molecule has 9 heteroatoms. The Morgan fingerprint density at radius 3 is 2.77 bits per heavy atom. The second-order valence-electron chi connectivity index (χ2n) is 8.21. The SMILES string of the molecule is CN=C(NCCCN1CCN(c2ccccc2F)CC1)NC1CCCn2nc(C)nc21. The molecule has 1 aromatic heterocycles. The average Bonchev–Trinajstić information content (AvgIpc) is 3.18. The Balaban J connectivity index is 1.18. The van der Waals surface area contributed by atoms with E-state index in [0.717, 1.165) is 82.7 Å². The predicted octanol–water partition coefficient (Wildman–Crippen LogP) is 1.94. The molecule has 31 heavy (non-hydrogen) atoms. The van der Waals surface area contributed by atoms with Crippen molar-refractivity contribution in [2.75, 3.05) is 51.2 Å². The van der Waals surface area contributed by atoms with Gasteiger partial charge in [0.2, 0.25) is 0 Å². The van der Waals surface area contributed by atoms with Crippen LogP contribution >= 0.6 is 0 Å². The van der Waals surface area contributed by atoms with Crippen molar-refractivity contribution in [3.8, 4) is 0 Å². The highest BCUT2D eigenvalue weighted by molar-refractivity contribution is 5.80. The van der Waals surface area contributed by atoms with E-state index < -0.39 is 0 Å². The molecular formula is C22H33FN8. The smallest absolute Gasteiger partial charge is 0.191 e. The van der Waals surface area contributed by atoms with Crippen LogP contribution < -0.4 is 15.5 Å². The van der Waals surface area contributed by atoms with Crippen LogP contribution in [0.2, 0.25) is 0 Å². The number of hydrogen-bond acceptors (Lipinski definition) is 5. The van der Waals surface area contributed by atoms with Crippen molar-refractivity contribution in [3.63, 3.8) is 0 Å². The van der Waals surface area contributed by atoms with E-state index in [1.165, 1.54) is 6.07 Å². The first-order chi connectivity index (χ1) is 15.1. The number of piperazine rings is 1. The standard InChI is InChI=1S/C22H33FN8/c1-17-26-21-19(8-5-12-31(21)28-17)27-22(24-2)25-10-6-11-29-13-15-30(16-14-29)20-9-4-3-7-18(20)23/h3-4,7,9,19H,5-6,8,10-16H2,1-2H3,(H2,24,25,27). The fourth-order valence-electron chi connectivity index (χ4n) is 4.39. The monoisotopic (exact) mass is 428 g/mol. The summed E-state index contributed by atoms with van der Waals surface area (Å²) in [6, 6.07) is 7.18. The van der Waals surface area contributed by atoms with E-state index in [2.05, 4.69) is 35.5 Å². The largest absolute Gasteiger partial charge is 0.367 e. The van der Waals surface area contributed by atoms with Crippen molar-refractivity contribution < 1.29 is 4.39 Å². The number of guanidine groups is 1.